The maximum atomic E-state index is 12.5. The summed E-state index contributed by atoms with van der Waals surface area (Å²) >= 11 is 0. The number of nitrogens with one attached hydrogen (secondary N) is 1. The van der Waals surface area contributed by atoms with Gasteiger partial charge in [0.05, 0.1) is 5.69 Å². The van der Waals surface area contributed by atoms with Gasteiger partial charge in [0.15, 0.2) is 0 Å². The van der Waals surface area contributed by atoms with Gasteiger partial charge in [-0.1, -0.05) is 40.5 Å². The van der Waals surface area contributed by atoms with Crippen LogP contribution in [0.3, 0.4) is 0 Å². The van der Waals surface area contributed by atoms with Crippen molar-refractivity contribution >= 4 is 10.0 Å². The molecule has 0 aliphatic heterocycles. The van der Waals surface area contributed by atoms with E-state index in [1.807, 2.05) is 34.6 Å². The van der Waals surface area contributed by atoms with E-state index in [9.17, 15) is 8.42 Å². The molecule has 6 heteroatoms. The summed E-state index contributed by atoms with van der Waals surface area (Å²) in [5, 5.41) is 4.49. The predicted octanol–water partition coefficient (Wildman–Crippen LogP) is 3.23. The molecule has 21 heavy (non-hydrogen) atoms. The van der Waals surface area contributed by atoms with Gasteiger partial charge in [-0.2, -0.15) is 5.10 Å². The van der Waals surface area contributed by atoms with Gasteiger partial charge in [0.25, 0.3) is 0 Å². The molecule has 0 radical (unpaired) electrons. The third-order valence-electron chi connectivity index (χ3n) is 3.30. The van der Waals surface area contributed by atoms with Crippen molar-refractivity contribution < 1.29 is 8.42 Å². The minimum absolute atomic E-state index is 0.134. The Labute approximate surface area is 129 Å². The zero-order valence-corrected chi connectivity index (χ0v) is 14.9. The number of hydrogen-bond donors (Lipinski definition) is 1. The first-order chi connectivity index (χ1) is 9.59. The second-order valence-corrected chi connectivity index (χ2v) is 8.51. The molecule has 1 aromatic heterocycles. The number of rotatable bonds is 7. The minimum Gasteiger partial charge on any atom is -0.269 e. The quantitative estimate of drug-likeness (QED) is 0.786. The zero-order valence-electron chi connectivity index (χ0n) is 14.1. The molecule has 0 aliphatic rings. The third kappa shape index (κ3) is 4.81. The van der Waals surface area contributed by atoms with E-state index in [1.54, 1.807) is 10.9 Å². The van der Waals surface area contributed by atoms with Crippen molar-refractivity contribution in [2.45, 2.75) is 77.2 Å². The van der Waals surface area contributed by atoms with E-state index < -0.39 is 10.0 Å². The summed E-state index contributed by atoms with van der Waals surface area (Å²) in [7, 11) is -3.50. The Balaban J connectivity index is 3.09. The first-order valence-corrected chi connectivity index (χ1v) is 9.17. The maximum absolute atomic E-state index is 12.5. The Morgan fingerprint density at radius 2 is 1.90 bits per heavy atom. The highest BCUT2D eigenvalue weighted by Gasteiger charge is 2.30. The average molecular weight is 315 g/mol. The summed E-state index contributed by atoms with van der Waals surface area (Å²) in [4.78, 5) is 0.306. The summed E-state index contributed by atoms with van der Waals surface area (Å²) in [5.74, 6) is 0. The molecule has 0 unspecified atom stereocenters. The molecule has 0 aliphatic carbocycles. The second kappa shape index (κ2) is 6.92. The van der Waals surface area contributed by atoms with Crippen LogP contribution in [0.2, 0.25) is 0 Å². The fraction of sp³-hybridized carbons (Fsp3) is 0.800. The Bertz CT molecular complexity index is 554. The van der Waals surface area contributed by atoms with Crippen molar-refractivity contribution in [1.82, 2.24) is 14.5 Å². The van der Waals surface area contributed by atoms with E-state index in [0.717, 1.165) is 19.3 Å². The molecule has 0 saturated heterocycles. The van der Waals surface area contributed by atoms with Crippen molar-refractivity contribution in [1.29, 1.82) is 0 Å². The lowest BCUT2D eigenvalue weighted by Crippen LogP contribution is -2.27. The molecule has 0 saturated carbocycles. The molecule has 5 nitrogen and oxygen atoms in total. The van der Waals surface area contributed by atoms with E-state index in [2.05, 4.69) is 16.7 Å². The molecule has 0 bridgehead atoms. The largest absolute Gasteiger partial charge is 0.269 e. The number of aromatic nitrogens is 2. The van der Waals surface area contributed by atoms with Gasteiger partial charge in [-0.15, -0.1) is 0 Å². The number of sulfonamides is 1. The molecule has 0 aromatic carbocycles. The smallest absolute Gasteiger partial charge is 0.243 e. The van der Waals surface area contributed by atoms with Crippen LogP contribution in [0.25, 0.3) is 0 Å². The van der Waals surface area contributed by atoms with Gasteiger partial charge in [0, 0.05) is 24.2 Å². The van der Waals surface area contributed by atoms with Gasteiger partial charge >= 0.3 is 0 Å². The minimum atomic E-state index is -3.50. The molecule has 122 valence electrons. The van der Waals surface area contributed by atoms with Crippen LogP contribution < -0.4 is 4.72 Å². The fourth-order valence-electron chi connectivity index (χ4n) is 2.01. The lowest BCUT2D eigenvalue weighted by Gasteiger charge is -2.17. The molecule has 0 atom stereocenters. The summed E-state index contributed by atoms with van der Waals surface area (Å²) in [6, 6.07) is 0.134. The Morgan fingerprint density at radius 3 is 2.38 bits per heavy atom. The fourth-order valence-corrected chi connectivity index (χ4v) is 3.43. The SMILES string of the molecule is CCCCCNS(=O)(=O)c1cn(C(C)C)nc1C(C)(C)C. The highest BCUT2D eigenvalue weighted by atomic mass is 32.2. The van der Waals surface area contributed by atoms with Crippen molar-refractivity contribution in [3.8, 4) is 0 Å². The van der Waals surface area contributed by atoms with Gasteiger partial charge in [0.2, 0.25) is 10.0 Å². The van der Waals surface area contributed by atoms with E-state index in [1.165, 1.54) is 0 Å². The molecule has 0 spiro atoms. The molecule has 1 aromatic rings. The summed E-state index contributed by atoms with van der Waals surface area (Å²) in [5.41, 5.74) is 0.312. The van der Waals surface area contributed by atoms with E-state index >= 15 is 0 Å². The van der Waals surface area contributed by atoms with Crippen LogP contribution in [0, 0.1) is 0 Å². The number of hydrogen-bond acceptors (Lipinski definition) is 3. The summed E-state index contributed by atoms with van der Waals surface area (Å²) in [6.07, 6.45) is 4.60. The van der Waals surface area contributed by atoms with Crippen LogP contribution in [0.5, 0.6) is 0 Å². The zero-order chi connectivity index (χ0) is 16.3. The van der Waals surface area contributed by atoms with Crippen LogP contribution in [0.4, 0.5) is 0 Å². The summed E-state index contributed by atoms with van der Waals surface area (Å²) in [6.45, 7) is 12.5. The van der Waals surface area contributed by atoms with Crippen molar-refractivity contribution in [2.75, 3.05) is 6.54 Å². The van der Waals surface area contributed by atoms with Gasteiger partial charge < -0.3 is 0 Å². The first-order valence-electron chi connectivity index (χ1n) is 7.69. The number of nitrogens with zero attached hydrogens (tertiary/aromatic N) is 2. The van der Waals surface area contributed by atoms with Gasteiger partial charge in [-0.25, -0.2) is 13.1 Å². The molecule has 1 N–H and O–H groups in total. The van der Waals surface area contributed by atoms with Crippen LogP contribution in [-0.2, 0) is 15.4 Å². The van der Waals surface area contributed by atoms with Crippen LogP contribution in [0.15, 0.2) is 11.1 Å². The first kappa shape index (κ1) is 18.2. The normalized spacial score (nSPS) is 13.1. The second-order valence-electron chi connectivity index (χ2n) is 6.77. The van der Waals surface area contributed by atoms with Crippen molar-refractivity contribution in [2.24, 2.45) is 0 Å². The molecule has 0 amide bonds. The molecule has 1 heterocycles. The number of unbranched alkanes of at least 4 members (excludes halogenated alkanes) is 2. The topological polar surface area (TPSA) is 64.0 Å². The van der Waals surface area contributed by atoms with Crippen molar-refractivity contribution in [3.63, 3.8) is 0 Å². The van der Waals surface area contributed by atoms with Crippen LogP contribution in [0.1, 0.15) is 72.5 Å². The highest BCUT2D eigenvalue weighted by Crippen LogP contribution is 2.28. The van der Waals surface area contributed by atoms with E-state index in [4.69, 9.17) is 0 Å². The lowest BCUT2D eigenvalue weighted by molar-refractivity contribution is 0.493. The van der Waals surface area contributed by atoms with Crippen LogP contribution in [-0.4, -0.2) is 24.7 Å². The summed E-state index contributed by atoms with van der Waals surface area (Å²) < 4.78 is 29.5. The molecular formula is C15H29N3O2S. The van der Waals surface area contributed by atoms with Gasteiger partial charge in [-0.3, -0.25) is 4.68 Å². The van der Waals surface area contributed by atoms with Gasteiger partial charge in [-0.05, 0) is 20.3 Å². The molecular weight excluding hydrogens is 286 g/mol. The average Bonchev–Trinajstić information content (AvgIpc) is 2.80. The lowest BCUT2D eigenvalue weighted by atomic mass is 9.92. The van der Waals surface area contributed by atoms with E-state index in [-0.39, 0.29) is 11.5 Å². The van der Waals surface area contributed by atoms with Crippen LogP contribution >= 0.6 is 0 Å². The Kier molecular flexibility index (Phi) is 5.99. The Morgan fingerprint density at radius 1 is 1.29 bits per heavy atom. The molecule has 0 fully saturated rings. The highest BCUT2D eigenvalue weighted by molar-refractivity contribution is 7.89. The van der Waals surface area contributed by atoms with Crippen molar-refractivity contribution in [3.05, 3.63) is 11.9 Å². The standard InChI is InChI=1S/C15H29N3O2S/c1-7-8-9-10-16-21(19,20)13-11-18(12(2)3)17-14(13)15(4,5)6/h11-12,16H,7-10H2,1-6H3. The maximum Gasteiger partial charge on any atom is 0.243 e. The Hall–Kier alpha value is -0.880. The van der Waals surface area contributed by atoms with E-state index in [0.29, 0.717) is 17.1 Å². The predicted molar refractivity (Wildman–Crippen MR) is 86.0 cm³/mol. The molecule has 1 rings (SSSR count). The van der Waals surface area contributed by atoms with Gasteiger partial charge in [0.1, 0.15) is 4.90 Å². The monoisotopic (exact) mass is 315 g/mol. The third-order valence-corrected chi connectivity index (χ3v) is 4.76.